The van der Waals surface area contributed by atoms with Gasteiger partial charge in [0.15, 0.2) is 0 Å². The van der Waals surface area contributed by atoms with Crippen molar-refractivity contribution in [2.45, 2.75) is 6.42 Å². The molecule has 0 N–H and O–H groups in total. The van der Waals surface area contributed by atoms with Gasteiger partial charge in [-0.05, 0) is 41.8 Å². The first-order valence-corrected chi connectivity index (χ1v) is 7.69. The van der Waals surface area contributed by atoms with E-state index < -0.39 is 0 Å². The summed E-state index contributed by atoms with van der Waals surface area (Å²) in [6.07, 6.45) is 7.47. The third-order valence-corrected chi connectivity index (χ3v) is 4.79. The van der Waals surface area contributed by atoms with E-state index in [1.165, 1.54) is 17.1 Å². The quantitative estimate of drug-likeness (QED) is 0.686. The molecule has 0 unspecified atom stereocenters. The first-order valence-electron chi connectivity index (χ1n) is 6.91. The van der Waals surface area contributed by atoms with Crippen molar-refractivity contribution in [3.05, 3.63) is 82.7 Å². The molecule has 0 saturated heterocycles. The Hall–Kier alpha value is -2.39. The smallest absolute Gasteiger partial charge is 0.267 e. The van der Waals surface area contributed by atoms with Crippen LogP contribution >= 0.6 is 11.5 Å². The molecule has 0 bridgehead atoms. The molecule has 4 rings (SSSR count). The molecule has 0 saturated carbocycles. The maximum absolute atomic E-state index is 12.5. The molecule has 1 heterocycles. The maximum Gasteiger partial charge on any atom is 0.273 e. The lowest BCUT2D eigenvalue weighted by Crippen LogP contribution is -2.10. The molecule has 1 aromatic heterocycles. The highest BCUT2D eigenvalue weighted by atomic mass is 32.1. The standard InChI is InChI=1S/C18H13NOS/c20-18-16-10-3-4-11-17(16)21-19(18)15-9-5-8-14(12-15)13-6-1-2-7-13/h1,3-12H,2H2. The van der Waals surface area contributed by atoms with Crippen molar-refractivity contribution in [3.63, 3.8) is 0 Å². The predicted octanol–water partition coefficient (Wildman–Crippen LogP) is 4.40. The van der Waals surface area contributed by atoms with Gasteiger partial charge in [-0.3, -0.25) is 4.79 Å². The molecule has 3 heteroatoms. The second-order valence-electron chi connectivity index (χ2n) is 5.03. The van der Waals surface area contributed by atoms with Gasteiger partial charge in [-0.15, -0.1) is 0 Å². The highest BCUT2D eigenvalue weighted by Crippen LogP contribution is 2.25. The number of aromatic nitrogens is 1. The van der Waals surface area contributed by atoms with Crippen LogP contribution < -0.4 is 5.56 Å². The van der Waals surface area contributed by atoms with E-state index in [0.29, 0.717) is 0 Å². The fourth-order valence-corrected chi connectivity index (χ4v) is 3.62. The van der Waals surface area contributed by atoms with E-state index in [4.69, 9.17) is 0 Å². The molecular weight excluding hydrogens is 278 g/mol. The summed E-state index contributed by atoms with van der Waals surface area (Å²) in [6, 6.07) is 15.9. The fourth-order valence-electron chi connectivity index (χ4n) is 2.63. The molecule has 1 aliphatic carbocycles. The van der Waals surface area contributed by atoms with Gasteiger partial charge in [0.25, 0.3) is 5.56 Å². The lowest BCUT2D eigenvalue weighted by Gasteiger charge is -2.04. The maximum atomic E-state index is 12.5. The van der Waals surface area contributed by atoms with Gasteiger partial charge < -0.3 is 0 Å². The highest BCUT2D eigenvalue weighted by molar-refractivity contribution is 7.14. The first kappa shape index (κ1) is 12.4. The van der Waals surface area contributed by atoms with Gasteiger partial charge in [-0.2, -0.15) is 0 Å². The van der Waals surface area contributed by atoms with Crippen LogP contribution in [0.5, 0.6) is 0 Å². The SMILES string of the molecule is O=c1c2ccccc2sn1-c1cccc(C2=CCC=C2)c1. The summed E-state index contributed by atoms with van der Waals surface area (Å²) in [7, 11) is 0. The van der Waals surface area contributed by atoms with Crippen molar-refractivity contribution < 1.29 is 0 Å². The van der Waals surface area contributed by atoms with E-state index in [0.717, 1.165) is 27.8 Å². The number of allylic oxidation sites excluding steroid dienone is 4. The van der Waals surface area contributed by atoms with Crippen LogP contribution in [0.4, 0.5) is 0 Å². The largest absolute Gasteiger partial charge is 0.273 e. The average molecular weight is 291 g/mol. The van der Waals surface area contributed by atoms with Crippen molar-refractivity contribution in [1.29, 1.82) is 0 Å². The van der Waals surface area contributed by atoms with Gasteiger partial charge in [0, 0.05) is 0 Å². The topological polar surface area (TPSA) is 22.0 Å². The lowest BCUT2D eigenvalue weighted by atomic mass is 10.1. The molecule has 2 nitrogen and oxygen atoms in total. The first-order chi connectivity index (χ1) is 10.3. The minimum Gasteiger partial charge on any atom is -0.267 e. The molecule has 0 spiro atoms. The van der Waals surface area contributed by atoms with Crippen molar-refractivity contribution in [2.75, 3.05) is 0 Å². The van der Waals surface area contributed by atoms with E-state index in [1.807, 2.05) is 36.4 Å². The monoisotopic (exact) mass is 291 g/mol. The van der Waals surface area contributed by atoms with Crippen LogP contribution in [0, 0.1) is 0 Å². The van der Waals surface area contributed by atoms with E-state index in [2.05, 4.69) is 30.4 Å². The molecule has 0 amide bonds. The van der Waals surface area contributed by atoms with Gasteiger partial charge in [0.2, 0.25) is 0 Å². The third-order valence-electron chi connectivity index (χ3n) is 3.68. The summed E-state index contributed by atoms with van der Waals surface area (Å²) < 4.78 is 2.79. The Bertz CT molecular complexity index is 943. The van der Waals surface area contributed by atoms with Gasteiger partial charge in [0.05, 0.1) is 15.8 Å². The Kier molecular flexibility index (Phi) is 2.86. The normalized spacial score (nSPS) is 13.8. The molecule has 3 aromatic rings. The average Bonchev–Trinajstić information content (AvgIpc) is 3.16. The van der Waals surface area contributed by atoms with E-state index in [9.17, 15) is 4.79 Å². The van der Waals surface area contributed by atoms with Crippen LogP contribution in [0.15, 0.2) is 71.6 Å². The molecule has 0 radical (unpaired) electrons. The zero-order chi connectivity index (χ0) is 14.2. The molecular formula is C18H13NOS. The Balaban J connectivity index is 1.89. The number of rotatable bonds is 2. The molecule has 0 atom stereocenters. The molecule has 0 fully saturated rings. The molecule has 102 valence electrons. The summed E-state index contributed by atoms with van der Waals surface area (Å²) >= 11 is 1.49. The molecule has 2 aromatic carbocycles. The zero-order valence-corrected chi connectivity index (χ0v) is 12.1. The summed E-state index contributed by atoms with van der Waals surface area (Å²) in [5.41, 5.74) is 3.38. The number of nitrogens with zero attached hydrogens (tertiary/aromatic N) is 1. The van der Waals surface area contributed by atoms with Gasteiger partial charge in [-0.25, -0.2) is 3.96 Å². The van der Waals surface area contributed by atoms with Crippen molar-refractivity contribution in [1.82, 2.24) is 3.96 Å². The second-order valence-corrected chi connectivity index (χ2v) is 6.02. The predicted molar refractivity (Wildman–Crippen MR) is 89.2 cm³/mol. The van der Waals surface area contributed by atoms with Gasteiger partial charge in [0.1, 0.15) is 0 Å². The Labute approximate surface area is 126 Å². The van der Waals surface area contributed by atoms with E-state index >= 15 is 0 Å². The summed E-state index contributed by atoms with van der Waals surface area (Å²) in [6.45, 7) is 0. The van der Waals surface area contributed by atoms with Gasteiger partial charge >= 0.3 is 0 Å². The lowest BCUT2D eigenvalue weighted by molar-refractivity contribution is 1.14. The van der Waals surface area contributed by atoms with E-state index in [-0.39, 0.29) is 5.56 Å². The Morgan fingerprint density at radius 1 is 1.05 bits per heavy atom. The number of hydrogen-bond donors (Lipinski definition) is 0. The minimum atomic E-state index is 0.0590. The van der Waals surface area contributed by atoms with Crippen molar-refractivity contribution in [2.24, 2.45) is 0 Å². The number of benzene rings is 2. The van der Waals surface area contributed by atoms with Gasteiger partial charge in [-0.1, -0.05) is 54.0 Å². The molecule has 0 aliphatic heterocycles. The third kappa shape index (κ3) is 2.06. The fraction of sp³-hybridized carbons (Fsp3) is 0.0556. The summed E-state index contributed by atoms with van der Waals surface area (Å²) in [4.78, 5) is 12.5. The van der Waals surface area contributed by atoms with Crippen LogP contribution in [-0.2, 0) is 0 Å². The van der Waals surface area contributed by atoms with Crippen LogP contribution in [0.25, 0.3) is 21.3 Å². The number of fused-ring (bicyclic) bond motifs is 1. The highest BCUT2D eigenvalue weighted by Gasteiger charge is 2.10. The second kappa shape index (κ2) is 4.86. The summed E-state index contributed by atoms with van der Waals surface area (Å²) in [5, 5.41) is 0.785. The van der Waals surface area contributed by atoms with Crippen LogP contribution in [0.1, 0.15) is 12.0 Å². The minimum absolute atomic E-state index is 0.0590. The zero-order valence-electron chi connectivity index (χ0n) is 11.3. The van der Waals surface area contributed by atoms with Crippen LogP contribution in [0.2, 0.25) is 0 Å². The Morgan fingerprint density at radius 3 is 2.76 bits per heavy atom. The van der Waals surface area contributed by atoms with Crippen LogP contribution in [0.3, 0.4) is 0 Å². The van der Waals surface area contributed by atoms with Crippen LogP contribution in [-0.4, -0.2) is 3.96 Å². The van der Waals surface area contributed by atoms with Crippen molar-refractivity contribution >= 4 is 27.2 Å². The Morgan fingerprint density at radius 2 is 1.95 bits per heavy atom. The molecule has 21 heavy (non-hydrogen) atoms. The number of hydrogen-bond acceptors (Lipinski definition) is 2. The van der Waals surface area contributed by atoms with E-state index in [1.54, 1.807) is 3.96 Å². The van der Waals surface area contributed by atoms with Crippen molar-refractivity contribution in [3.8, 4) is 5.69 Å². The summed E-state index contributed by atoms with van der Waals surface area (Å²) in [5.74, 6) is 0. The molecule has 1 aliphatic rings.